The van der Waals surface area contributed by atoms with Gasteiger partial charge in [0.05, 0.1) is 6.61 Å². The van der Waals surface area contributed by atoms with Gasteiger partial charge < -0.3 is 4.74 Å². The van der Waals surface area contributed by atoms with Crippen LogP contribution in [-0.2, 0) is 9.53 Å². The highest BCUT2D eigenvalue weighted by atomic mass is 16.5. The Bertz CT molecular complexity index is 170. The minimum absolute atomic E-state index is 0.269. The van der Waals surface area contributed by atoms with E-state index in [2.05, 4.69) is 11.8 Å². The summed E-state index contributed by atoms with van der Waals surface area (Å²) in [5.74, 6) is 0.710. The van der Waals surface area contributed by atoms with Crippen molar-refractivity contribution in [3.63, 3.8) is 0 Å². The average molecular weight is 185 g/mol. The quantitative estimate of drug-likeness (QED) is 0.652. The third-order valence-electron chi connectivity index (χ3n) is 2.71. The fourth-order valence-electron chi connectivity index (χ4n) is 1.76. The summed E-state index contributed by atoms with van der Waals surface area (Å²) in [6.07, 6.45) is 1.70. The van der Waals surface area contributed by atoms with Crippen LogP contribution in [0.3, 0.4) is 0 Å². The van der Waals surface area contributed by atoms with E-state index < -0.39 is 0 Å². The lowest BCUT2D eigenvalue weighted by Crippen LogP contribution is -2.41. The van der Waals surface area contributed by atoms with Crippen molar-refractivity contribution in [3.05, 3.63) is 0 Å². The Kier molecular flexibility index (Phi) is 4.39. The third-order valence-corrected chi connectivity index (χ3v) is 2.71. The van der Waals surface area contributed by atoms with E-state index in [1.807, 2.05) is 0 Å². The monoisotopic (exact) mass is 185 g/mol. The molecule has 1 saturated heterocycles. The smallest absolute Gasteiger partial charge is 0.138 e. The lowest BCUT2D eigenvalue weighted by molar-refractivity contribution is -0.126. The maximum atomic E-state index is 11.4. The molecule has 1 aliphatic rings. The number of likely N-dealkylation sites (tertiary alicyclic amines) is 1. The zero-order valence-electron chi connectivity index (χ0n) is 8.58. The molecule has 0 bridgehead atoms. The van der Waals surface area contributed by atoms with Crippen LogP contribution in [0.25, 0.3) is 0 Å². The first-order valence-corrected chi connectivity index (χ1v) is 5.02. The number of piperidine rings is 1. The van der Waals surface area contributed by atoms with Gasteiger partial charge in [0.15, 0.2) is 0 Å². The van der Waals surface area contributed by atoms with E-state index >= 15 is 0 Å². The van der Waals surface area contributed by atoms with Crippen molar-refractivity contribution >= 4 is 5.78 Å². The Hall–Kier alpha value is -0.410. The van der Waals surface area contributed by atoms with Gasteiger partial charge in [-0.1, -0.05) is 6.92 Å². The van der Waals surface area contributed by atoms with Crippen molar-refractivity contribution in [2.24, 2.45) is 5.92 Å². The zero-order valence-corrected chi connectivity index (χ0v) is 8.58. The van der Waals surface area contributed by atoms with Crippen molar-refractivity contribution in [2.75, 3.05) is 33.4 Å². The Balaban J connectivity index is 2.31. The Morgan fingerprint density at radius 2 is 2.38 bits per heavy atom. The van der Waals surface area contributed by atoms with Crippen LogP contribution in [0.5, 0.6) is 0 Å². The molecular weight excluding hydrogens is 166 g/mol. The van der Waals surface area contributed by atoms with E-state index in [-0.39, 0.29) is 5.92 Å². The molecule has 0 amide bonds. The number of ether oxygens (including phenoxy) is 1. The number of ketones is 1. The molecular formula is C10H19NO2. The molecule has 1 aliphatic heterocycles. The minimum atomic E-state index is 0.269. The standard InChI is InChI=1S/C10H19NO2/c1-3-9-8-11(6-7-13-2)5-4-10(9)12/h9H,3-8H2,1-2H3/t9-/m0/s1. The largest absolute Gasteiger partial charge is 0.383 e. The molecule has 1 heterocycles. The van der Waals surface area contributed by atoms with Gasteiger partial charge in [-0.25, -0.2) is 0 Å². The predicted molar refractivity (Wildman–Crippen MR) is 51.7 cm³/mol. The molecule has 0 spiro atoms. The van der Waals surface area contributed by atoms with Gasteiger partial charge in [-0.15, -0.1) is 0 Å². The summed E-state index contributed by atoms with van der Waals surface area (Å²) in [6.45, 7) is 5.66. The van der Waals surface area contributed by atoms with Gasteiger partial charge in [0.25, 0.3) is 0 Å². The van der Waals surface area contributed by atoms with E-state index in [0.29, 0.717) is 5.78 Å². The van der Waals surface area contributed by atoms with Gasteiger partial charge in [-0.3, -0.25) is 9.69 Å². The van der Waals surface area contributed by atoms with Crippen molar-refractivity contribution in [1.29, 1.82) is 0 Å². The first-order valence-electron chi connectivity index (χ1n) is 5.02. The molecule has 1 fully saturated rings. The molecule has 0 radical (unpaired) electrons. The SMILES string of the molecule is CC[C@H]1CN(CCOC)CCC1=O. The molecule has 0 N–H and O–H groups in total. The van der Waals surface area contributed by atoms with E-state index in [4.69, 9.17) is 4.74 Å². The molecule has 0 aromatic rings. The number of Topliss-reactive ketones (excluding diaryl/α,β-unsaturated/α-hetero) is 1. The molecule has 0 aromatic heterocycles. The van der Waals surface area contributed by atoms with Crippen LogP contribution in [0.2, 0.25) is 0 Å². The van der Waals surface area contributed by atoms with Crippen LogP contribution >= 0.6 is 0 Å². The Labute approximate surface area is 80.1 Å². The molecule has 1 rings (SSSR count). The molecule has 0 aromatic carbocycles. The Morgan fingerprint density at radius 3 is 3.00 bits per heavy atom. The first kappa shape index (κ1) is 10.7. The molecule has 0 saturated carbocycles. The summed E-state index contributed by atoms with van der Waals surface area (Å²) in [5.41, 5.74) is 0. The van der Waals surface area contributed by atoms with Gasteiger partial charge in [0.1, 0.15) is 5.78 Å². The van der Waals surface area contributed by atoms with Crippen LogP contribution in [0.1, 0.15) is 19.8 Å². The molecule has 1 atom stereocenters. The van der Waals surface area contributed by atoms with Gasteiger partial charge >= 0.3 is 0 Å². The number of carbonyl (C=O) groups excluding carboxylic acids is 1. The molecule has 0 aliphatic carbocycles. The maximum absolute atomic E-state index is 11.4. The van der Waals surface area contributed by atoms with Gasteiger partial charge in [0, 0.05) is 39.1 Å². The minimum Gasteiger partial charge on any atom is -0.383 e. The highest BCUT2D eigenvalue weighted by molar-refractivity contribution is 5.82. The molecule has 3 heteroatoms. The van der Waals surface area contributed by atoms with Gasteiger partial charge in [-0.2, -0.15) is 0 Å². The van der Waals surface area contributed by atoms with Crippen LogP contribution in [0, 0.1) is 5.92 Å². The highest BCUT2D eigenvalue weighted by Crippen LogP contribution is 2.15. The second kappa shape index (κ2) is 5.35. The molecule has 3 nitrogen and oxygen atoms in total. The van der Waals surface area contributed by atoms with Crippen LogP contribution in [-0.4, -0.2) is 44.0 Å². The summed E-state index contributed by atoms with van der Waals surface area (Å²) in [5, 5.41) is 0. The average Bonchev–Trinajstić information content (AvgIpc) is 2.16. The van der Waals surface area contributed by atoms with Crippen LogP contribution in [0.15, 0.2) is 0 Å². The van der Waals surface area contributed by atoms with Gasteiger partial charge in [0.2, 0.25) is 0 Å². The number of nitrogens with zero attached hydrogens (tertiary/aromatic N) is 1. The number of carbonyl (C=O) groups is 1. The van der Waals surface area contributed by atoms with E-state index in [0.717, 1.165) is 39.1 Å². The van der Waals surface area contributed by atoms with E-state index in [1.165, 1.54) is 0 Å². The number of hydrogen-bond acceptors (Lipinski definition) is 3. The Morgan fingerprint density at radius 1 is 1.62 bits per heavy atom. The summed E-state index contributed by atoms with van der Waals surface area (Å²) in [6, 6.07) is 0. The third kappa shape index (κ3) is 3.08. The second-order valence-electron chi connectivity index (χ2n) is 3.61. The predicted octanol–water partition coefficient (Wildman–Crippen LogP) is 0.934. The van der Waals surface area contributed by atoms with Crippen LogP contribution < -0.4 is 0 Å². The second-order valence-corrected chi connectivity index (χ2v) is 3.61. The van der Waals surface area contributed by atoms with Crippen molar-refractivity contribution in [3.8, 4) is 0 Å². The molecule has 0 unspecified atom stereocenters. The molecule has 76 valence electrons. The summed E-state index contributed by atoms with van der Waals surface area (Å²) in [4.78, 5) is 13.7. The van der Waals surface area contributed by atoms with E-state index in [1.54, 1.807) is 7.11 Å². The van der Waals surface area contributed by atoms with Crippen LogP contribution in [0.4, 0.5) is 0 Å². The fourth-order valence-corrected chi connectivity index (χ4v) is 1.76. The van der Waals surface area contributed by atoms with E-state index in [9.17, 15) is 4.79 Å². The first-order chi connectivity index (χ1) is 6.27. The highest BCUT2D eigenvalue weighted by Gasteiger charge is 2.24. The lowest BCUT2D eigenvalue weighted by atomic mass is 9.94. The number of hydrogen-bond donors (Lipinski definition) is 0. The molecule has 13 heavy (non-hydrogen) atoms. The van der Waals surface area contributed by atoms with Crippen molar-refractivity contribution in [1.82, 2.24) is 4.90 Å². The lowest BCUT2D eigenvalue weighted by Gasteiger charge is -2.30. The normalized spacial score (nSPS) is 25.1. The summed E-state index contributed by atoms with van der Waals surface area (Å²) in [7, 11) is 1.71. The zero-order chi connectivity index (χ0) is 9.68. The number of rotatable bonds is 4. The maximum Gasteiger partial charge on any atom is 0.138 e. The summed E-state index contributed by atoms with van der Waals surface area (Å²) >= 11 is 0. The van der Waals surface area contributed by atoms with Gasteiger partial charge in [-0.05, 0) is 6.42 Å². The topological polar surface area (TPSA) is 29.5 Å². The fraction of sp³-hybridized carbons (Fsp3) is 0.900. The van der Waals surface area contributed by atoms with Crippen molar-refractivity contribution in [2.45, 2.75) is 19.8 Å². The number of methoxy groups -OCH3 is 1. The van der Waals surface area contributed by atoms with Crippen molar-refractivity contribution < 1.29 is 9.53 Å². The summed E-state index contributed by atoms with van der Waals surface area (Å²) < 4.78 is 5.01.